The molecule has 0 aliphatic rings. The molecule has 1 aromatic rings. The van der Waals surface area contributed by atoms with E-state index >= 15 is 0 Å². The Balaban J connectivity index is 2.63. The molecule has 0 bridgehead atoms. The summed E-state index contributed by atoms with van der Waals surface area (Å²) in [6.07, 6.45) is 2.40. The van der Waals surface area contributed by atoms with Crippen molar-refractivity contribution in [2.45, 2.75) is 45.8 Å². The molecule has 0 aromatic carbocycles. The van der Waals surface area contributed by atoms with Gasteiger partial charge in [0.05, 0.1) is 6.10 Å². The average Bonchev–Trinajstić information content (AvgIpc) is 2.71. The van der Waals surface area contributed by atoms with E-state index in [2.05, 4.69) is 53.5 Å². The zero-order valence-electron chi connectivity index (χ0n) is 10.8. The van der Waals surface area contributed by atoms with Crippen LogP contribution >= 0.6 is 27.3 Å². The Morgan fingerprint density at radius 3 is 2.65 bits per heavy atom. The van der Waals surface area contributed by atoms with Crippen molar-refractivity contribution in [2.24, 2.45) is 0 Å². The molecule has 98 valence electrons. The summed E-state index contributed by atoms with van der Waals surface area (Å²) in [6.45, 7) is 8.17. The minimum absolute atomic E-state index is 0.306. The molecule has 2 atom stereocenters. The van der Waals surface area contributed by atoms with Crippen LogP contribution in [0.3, 0.4) is 0 Å². The predicted octanol–water partition coefficient (Wildman–Crippen LogP) is 3.85. The second-order valence-corrected chi connectivity index (χ2v) is 5.91. The monoisotopic (exact) mass is 319 g/mol. The molecule has 1 N–H and O–H groups in total. The average molecular weight is 320 g/mol. The van der Waals surface area contributed by atoms with E-state index in [9.17, 15) is 0 Å². The quantitative estimate of drug-likeness (QED) is 0.786. The third-order valence-corrected chi connectivity index (χ3v) is 4.46. The van der Waals surface area contributed by atoms with Gasteiger partial charge < -0.3 is 10.1 Å². The molecule has 0 fully saturated rings. The van der Waals surface area contributed by atoms with Crippen LogP contribution in [-0.2, 0) is 11.2 Å². The Morgan fingerprint density at radius 1 is 1.41 bits per heavy atom. The first-order chi connectivity index (χ1) is 8.21. The van der Waals surface area contributed by atoms with E-state index in [4.69, 9.17) is 4.74 Å². The van der Waals surface area contributed by atoms with Gasteiger partial charge in [0.2, 0.25) is 0 Å². The Bertz CT molecular complexity index is 316. The van der Waals surface area contributed by atoms with E-state index in [0.29, 0.717) is 12.1 Å². The molecule has 2 nitrogen and oxygen atoms in total. The fraction of sp³-hybridized carbons (Fsp3) is 0.692. The topological polar surface area (TPSA) is 21.3 Å². The summed E-state index contributed by atoms with van der Waals surface area (Å²) in [4.78, 5) is 1.40. The van der Waals surface area contributed by atoms with Gasteiger partial charge in [-0.15, -0.1) is 11.3 Å². The largest absolute Gasteiger partial charge is 0.377 e. The van der Waals surface area contributed by atoms with Crippen LogP contribution in [0.4, 0.5) is 0 Å². The molecular formula is C13H22BrNOS. The van der Waals surface area contributed by atoms with Crippen LogP contribution in [0.5, 0.6) is 0 Å². The molecule has 2 unspecified atom stereocenters. The lowest BCUT2D eigenvalue weighted by Crippen LogP contribution is -2.42. The van der Waals surface area contributed by atoms with Crippen molar-refractivity contribution >= 4 is 27.3 Å². The van der Waals surface area contributed by atoms with E-state index in [1.54, 1.807) is 0 Å². The molecule has 0 saturated carbocycles. The number of ether oxygens (including phenoxy) is 1. The second-order valence-electron chi connectivity index (χ2n) is 4.00. The lowest BCUT2D eigenvalue weighted by atomic mass is 10.0. The Hall–Kier alpha value is 0.1000. The molecule has 0 saturated heterocycles. The zero-order valence-corrected chi connectivity index (χ0v) is 13.2. The first-order valence-corrected chi connectivity index (χ1v) is 7.96. The molecule has 0 amide bonds. The minimum atomic E-state index is 0.306. The number of rotatable bonds is 8. The van der Waals surface area contributed by atoms with Crippen LogP contribution in [0.15, 0.2) is 15.9 Å². The van der Waals surface area contributed by atoms with Gasteiger partial charge in [-0.1, -0.05) is 13.8 Å². The highest BCUT2D eigenvalue weighted by Gasteiger charge is 2.20. The highest BCUT2D eigenvalue weighted by atomic mass is 79.9. The molecule has 4 heteroatoms. The number of hydrogen-bond acceptors (Lipinski definition) is 3. The Morgan fingerprint density at radius 2 is 2.18 bits per heavy atom. The Labute approximate surface area is 117 Å². The van der Waals surface area contributed by atoms with E-state index < -0.39 is 0 Å². The van der Waals surface area contributed by atoms with E-state index in [-0.39, 0.29) is 0 Å². The van der Waals surface area contributed by atoms with Gasteiger partial charge >= 0.3 is 0 Å². The minimum Gasteiger partial charge on any atom is -0.377 e. The van der Waals surface area contributed by atoms with Gasteiger partial charge in [-0.05, 0) is 48.3 Å². The number of likely N-dealkylation sites (N-methyl/N-ethyl adjacent to an activating group) is 1. The summed E-state index contributed by atoms with van der Waals surface area (Å²) in [6, 6.07) is 2.61. The Kier molecular flexibility index (Phi) is 7.35. The van der Waals surface area contributed by atoms with E-state index in [0.717, 1.165) is 26.0 Å². The molecular weight excluding hydrogens is 298 g/mol. The van der Waals surface area contributed by atoms with Gasteiger partial charge in [-0.2, -0.15) is 0 Å². The van der Waals surface area contributed by atoms with Crippen LogP contribution in [0.1, 0.15) is 32.1 Å². The van der Waals surface area contributed by atoms with Crippen molar-refractivity contribution in [1.29, 1.82) is 0 Å². The number of halogens is 1. The van der Waals surface area contributed by atoms with Crippen LogP contribution in [0, 0.1) is 0 Å². The molecule has 0 aliphatic heterocycles. The molecule has 1 heterocycles. The summed E-state index contributed by atoms with van der Waals surface area (Å²) >= 11 is 5.31. The molecule has 1 aromatic heterocycles. The standard InChI is InChI=1S/C13H22BrNOS/c1-4-13(16-6-3)12(15-5-2)8-11-7-10(14)9-17-11/h7,9,12-13,15H,4-6,8H2,1-3H3. The van der Waals surface area contributed by atoms with Gasteiger partial charge in [-0.3, -0.25) is 0 Å². The van der Waals surface area contributed by atoms with Crippen molar-refractivity contribution in [3.05, 3.63) is 20.8 Å². The second kappa shape index (κ2) is 8.25. The molecule has 0 radical (unpaired) electrons. The molecule has 1 rings (SSSR count). The van der Waals surface area contributed by atoms with Crippen molar-refractivity contribution in [1.82, 2.24) is 5.32 Å². The van der Waals surface area contributed by atoms with Crippen LogP contribution in [0.25, 0.3) is 0 Å². The number of nitrogens with one attached hydrogen (secondary N) is 1. The maximum absolute atomic E-state index is 5.82. The van der Waals surface area contributed by atoms with Crippen molar-refractivity contribution in [3.63, 3.8) is 0 Å². The maximum Gasteiger partial charge on any atom is 0.0728 e. The third-order valence-electron chi connectivity index (χ3n) is 2.74. The lowest BCUT2D eigenvalue weighted by molar-refractivity contribution is 0.0325. The van der Waals surface area contributed by atoms with Gasteiger partial charge in [0, 0.05) is 27.4 Å². The SMILES string of the molecule is CCNC(Cc1cc(Br)cs1)C(CC)OCC. The van der Waals surface area contributed by atoms with Gasteiger partial charge in [0.25, 0.3) is 0 Å². The normalized spacial score (nSPS) is 14.8. The fourth-order valence-electron chi connectivity index (χ4n) is 2.01. The summed E-state index contributed by atoms with van der Waals surface area (Å²) < 4.78 is 6.99. The van der Waals surface area contributed by atoms with Crippen molar-refractivity contribution in [3.8, 4) is 0 Å². The number of thiophene rings is 1. The summed E-state index contributed by atoms with van der Waals surface area (Å²) in [7, 11) is 0. The lowest BCUT2D eigenvalue weighted by Gasteiger charge is -2.26. The first-order valence-electron chi connectivity index (χ1n) is 6.29. The van der Waals surface area contributed by atoms with E-state index in [1.165, 1.54) is 9.35 Å². The van der Waals surface area contributed by atoms with Crippen LogP contribution in [-0.4, -0.2) is 25.3 Å². The molecule has 17 heavy (non-hydrogen) atoms. The summed E-state index contributed by atoms with van der Waals surface area (Å²) in [5.74, 6) is 0. The highest BCUT2D eigenvalue weighted by Crippen LogP contribution is 2.22. The maximum atomic E-state index is 5.82. The fourth-order valence-corrected chi connectivity index (χ4v) is 3.52. The van der Waals surface area contributed by atoms with Crippen LogP contribution < -0.4 is 5.32 Å². The predicted molar refractivity (Wildman–Crippen MR) is 78.9 cm³/mol. The van der Waals surface area contributed by atoms with Crippen molar-refractivity contribution in [2.75, 3.05) is 13.2 Å². The van der Waals surface area contributed by atoms with Gasteiger partial charge in [0.1, 0.15) is 0 Å². The number of hydrogen-bond donors (Lipinski definition) is 1. The summed E-state index contributed by atoms with van der Waals surface area (Å²) in [5.41, 5.74) is 0. The summed E-state index contributed by atoms with van der Waals surface area (Å²) in [5, 5.41) is 5.68. The van der Waals surface area contributed by atoms with E-state index in [1.807, 2.05) is 11.3 Å². The smallest absolute Gasteiger partial charge is 0.0728 e. The zero-order chi connectivity index (χ0) is 12.7. The highest BCUT2D eigenvalue weighted by molar-refractivity contribution is 9.10. The third kappa shape index (κ3) is 5.08. The molecule has 0 aliphatic carbocycles. The van der Waals surface area contributed by atoms with Crippen LogP contribution in [0.2, 0.25) is 0 Å². The molecule has 0 spiro atoms. The van der Waals surface area contributed by atoms with Crippen molar-refractivity contribution < 1.29 is 4.74 Å². The van der Waals surface area contributed by atoms with Gasteiger partial charge in [0.15, 0.2) is 0 Å². The first kappa shape index (κ1) is 15.2. The van der Waals surface area contributed by atoms with Gasteiger partial charge in [-0.25, -0.2) is 0 Å².